The lowest BCUT2D eigenvalue weighted by Gasteiger charge is -2.28. The molecule has 0 aliphatic heterocycles. The number of nitrogens with zero attached hydrogens (tertiary/aromatic N) is 2. The molecule has 2 unspecified atom stereocenters. The van der Waals surface area contributed by atoms with Gasteiger partial charge in [0.2, 0.25) is 0 Å². The molecular weight excluding hydrogens is 274 g/mol. The van der Waals surface area contributed by atoms with Crippen molar-refractivity contribution in [3.63, 3.8) is 0 Å². The van der Waals surface area contributed by atoms with Gasteiger partial charge in [-0.1, -0.05) is 12.8 Å². The molecule has 0 bridgehead atoms. The first-order chi connectivity index (χ1) is 9.99. The van der Waals surface area contributed by atoms with E-state index < -0.39 is 10.9 Å². The molecule has 1 aromatic heterocycles. The molecule has 7 nitrogen and oxygen atoms in total. The summed E-state index contributed by atoms with van der Waals surface area (Å²) in [5, 5.41) is 23.0. The summed E-state index contributed by atoms with van der Waals surface area (Å²) in [5.74, 6) is -0.401. The van der Waals surface area contributed by atoms with Crippen LogP contribution in [0, 0.1) is 28.9 Å². The average molecular weight is 293 g/mol. The minimum absolute atomic E-state index is 0.0425. The molecule has 1 aliphatic rings. The van der Waals surface area contributed by atoms with E-state index in [0.717, 1.165) is 19.3 Å². The van der Waals surface area contributed by atoms with Crippen LogP contribution in [0.25, 0.3) is 0 Å². The summed E-state index contributed by atoms with van der Waals surface area (Å²) in [5.41, 5.74) is 0.644. The Kier molecular flexibility index (Phi) is 4.72. The Balaban J connectivity index is 2.02. The Bertz CT molecular complexity index is 547. The third-order valence-electron chi connectivity index (χ3n) is 4.03. The van der Waals surface area contributed by atoms with Crippen molar-refractivity contribution in [3.8, 4) is 0 Å². The van der Waals surface area contributed by atoms with E-state index in [1.165, 1.54) is 12.3 Å². The molecule has 2 N–H and O–H groups in total. The molecule has 1 heterocycles. The zero-order chi connectivity index (χ0) is 15.4. The van der Waals surface area contributed by atoms with Gasteiger partial charge in [0.1, 0.15) is 12.0 Å². The van der Waals surface area contributed by atoms with Crippen LogP contribution in [0.3, 0.4) is 0 Å². The fourth-order valence-corrected chi connectivity index (χ4v) is 2.85. The van der Waals surface area contributed by atoms with E-state index in [2.05, 4.69) is 10.3 Å². The molecule has 2 rings (SSSR count). The normalized spacial score (nSPS) is 21.8. The highest BCUT2D eigenvalue weighted by Gasteiger charge is 2.30. The van der Waals surface area contributed by atoms with Crippen molar-refractivity contribution in [2.24, 2.45) is 11.8 Å². The van der Waals surface area contributed by atoms with E-state index >= 15 is 0 Å². The fraction of sp³-hybridized carbons (Fsp3) is 0.571. The first kappa shape index (κ1) is 15.2. The number of rotatable bonds is 5. The second-order valence-corrected chi connectivity index (χ2v) is 5.49. The second kappa shape index (κ2) is 6.51. The van der Waals surface area contributed by atoms with Crippen molar-refractivity contribution in [3.05, 3.63) is 27.9 Å². The third-order valence-corrected chi connectivity index (χ3v) is 4.03. The number of hydrogen-bond acceptors (Lipinski definition) is 5. The van der Waals surface area contributed by atoms with Crippen LogP contribution < -0.4 is 5.32 Å². The topological polar surface area (TPSA) is 105 Å². The summed E-state index contributed by atoms with van der Waals surface area (Å²) >= 11 is 0. The van der Waals surface area contributed by atoms with E-state index in [9.17, 15) is 20.0 Å². The largest absolute Gasteiger partial charge is 0.481 e. The molecule has 1 aromatic rings. The van der Waals surface area contributed by atoms with Crippen molar-refractivity contribution in [1.82, 2.24) is 4.98 Å². The Hall–Kier alpha value is -2.18. The van der Waals surface area contributed by atoms with Crippen LogP contribution >= 0.6 is 0 Å². The number of aryl methyl sites for hydroxylation is 1. The molecule has 0 radical (unpaired) electrons. The highest BCUT2D eigenvalue weighted by atomic mass is 16.6. The number of nitrogens with one attached hydrogen (secondary N) is 1. The average Bonchev–Trinajstić information content (AvgIpc) is 2.46. The van der Waals surface area contributed by atoms with Gasteiger partial charge in [-0.15, -0.1) is 0 Å². The van der Waals surface area contributed by atoms with Crippen molar-refractivity contribution >= 4 is 17.5 Å². The second-order valence-electron chi connectivity index (χ2n) is 5.49. The zero-order valence-corrected chi connectivity index (χ0v) is 11.9. The van der Waals surface area contributed by atoms with Gasteiger partial charge in [-0.3, -0.25) is 14.9 Å². The molecule has 7 heteroatoms. The van der Waals surface area contributed by atoms with E-state index in [0.29, 0.717) is 24.3 Å². The Labute approximate surface area is 122 Å². The monoisotopic (exact) mass is 293 g/mol. The number of carboxylic acid groups (broad SMARTS) is 1. The highest BCUT2D eigenvalue weighted by Crippen LogP contribution is 2.30. The van der Waals surface area contributed by atoms with Crippen molar-refractivity contribution < 1.29 is 14.8 Å². The molecule has 2 atom stereocenters. The third kappa shape index (κ3) is 3.68. The number of aromatic nitrogens is 1. The number of aliphatic carboxylic acids is 1. The lowest BCUT2D eigenvalue weighted by molar-refractivity contribution is -0.385. The molecule has 1 aliphatic carbocycles. The van der Waals surface area contributed by atoms with Gasteiger partial charge in [-0.25, -0.2) is 4.98 Å². The Morgan fingerprint density at radius 2 is 2.24 bits per heavy atom. The molecule has 0 spiro atoms. The fourth-order valence-electron chi connectivity index (χ4n) is 2.85. The van der Waals surface area contributed by atoms with E-state index in [4.69, 9.17) is 0 Å². The predicted molar refractivity (Wildman–Crippen MR) is 77.2 cm³/mol. The summed E-state index contributed by atoms with van der Waals surface area (Å²) in [6, 6.07) is 1.46. The number of carboxylic acids is 1. The number of nitro groups is 1. The Morgan fingerprint density at radius 1 is 1.52 bits per heavy atom. The molecule has 0 saturated heterocycles. The number of pyridine rings is 1. The van der Waals surface area contributed by atoms with Crippen LogP contribution in [0.15, 0.2) is 12.3 Å². The summed E-state index contributed by atoms with van der Waals surface area (Å²) in [6.45, 7) is 2.28. The summed E-state index contributed by atoms with van der Waals surface area (Å²) in [4.78, 5) is 25.5. The van der Waals surface area contributed by atoms with Crippen LogP contribution in [0.4, 0.5) is 11.5 Å². The maximum absolute atomic E-state index is 11.2. The molecule has 1 fully saturated rings. The van der Waals surface area contributed by atoms with E-state index in [1.54, 1.807) is 6.92 Å². The maximum atomic E-state index is 11.2. The number of carbonyl (C=O) groups is 1. The van der Waals surface area contributed by atoms with Crippen LogP contribution in [0.5, 0.6) is 0 Å². The van der Waals surface area contributed by atoms with Gasteiger partial charge < -0.3 is 10.4 Å². The van der Waals surface area contributed by atoms with Gasteiger partial charge >= 0.3 is 5.97 Å². The van der Waals surface area contributed by atoms with Gasteiger partial charge in [0.15, 0.2) is 0 Å². The summed E-state index contributed by atoms with van der Waals surface area (Å²) < 4.78 is 0. The van der Waals surface area contributed by atoms with Crippen LogP contribution in [0.1, 0.15) is 31.2 Å². The van der Waals surface area contributed by atoms with Gasteiger partial charge in [0.25, 0.3) is 5.69 Å². The van der Waals surface area contributed by atoms with E-state index in [1.807, 2.05) is 0 Å². The first-order valence-electron chi connectivity index (χ1n) is 7.06. The minimum Gasteiger partial charge on any atom is -0.481 e. The van der Waals surface area contributed by atoms with Crippen LogP contribution in [0.2, 0.25) is 0 Å². The molecule has 0 aromatic carbocycles. The summed E-state index contributed by atoms with van der Waals surface area (Å²) in [6.07, 6.45) is 4.82. The van der Waals surface area contributed by atoms with Gasteiger partial charge in [-0.2, -0.15) is 0 Å². The molecule has 114 valence electrons. The molecule has 0 amide bonds. The van der Waals surface area contributed by atoms with E-state index in [-0.39, 0.29) is 17.5 Å². The van der Waals surface area contributed by atoms with Crippen molar-refractivity contribution in [2.45, 2.75) is 32.6 Å². The van der Waals surface area contributed by atoms with Gasteiger partial charge in [0, 0.05) is 12.6 Å². The zero-order valence-electron chi connectivity index (χ0n) is 11.9. The highest BCUT2D eigenvalue weighted by molar-refractivity contribution is 5.70. The van der Waals surface area contributed by atoms with Crippen LogP contribution in [-0.4, -0.2) is 27.5 Å². The lowest BCUT2D eigenvalue weighted by Crippen LogP contribution is -2.32. The van der Waals surface area contributed by atoms with Gasteiger partial charge in [-0.05, 0) is 31.2 Å². The first-order valence-corrected chi connectivity index (χ1v) is 7.06. The number of anilines is 1. The maximum Gasteiger partial charge on any atom is 0.306 e. The van der Waals surface area contributed by atoms with Crippen molar-refractivity contribution in [1.29, 1.82) is 0 Å². The predicted octanol–water partition coefficient (Wildman–Crippen LogP) is 2.60. The molecule has 1 saturated carbocycles. The summed E-state index contributed by atoms with van der Waals surface area (Å²) in [7, 11) is 0. The number of hydrogen-bond donors (Lipinski definition) is 2. The minimum atomic E-state index is -0.741. The van der Waals surface area contributed by atoms with Gasteiger partial charge in [0.05, 0.1) is 10.8 Å². The molecular formula is C14H19N3O4. The lowest BCUT2D eigenvalue weighted by atomic mass is 9.79. The standard InChI is InChI=1S/C14H19N3O4/c1-9-6-11(17(20)21)8-16-13(9)15-7-10-4-2-3-5-12(10)14(18)19/h6,8,10,12H,2-5,7H2,1H3,(H,15,16)(H,18,19). The SMILES string of the molecule is Cc1cc([N+](=O)[O-])cnc1NCC1CCCCC1C(=O)O. The Morgan fingerprint density at radius 3 is 2.86 bits per heavy atom. The van der Waals surface area contributed by atoms with Crippen molar-refractivity contribution in [2.75, 3.05) is 11.9 Å². The van der Waals surface area contributed by atoms with Crippen LogP contribution in [-0.2, 0) is 4.79 Å². The quantitative estimate of drug-likeness (QED) is 0.638. The smallest absolute Gasteiger partial charge is 0.306 e. The molecule has 21 heavy (non-hydrogen) atoms.